The van der Waals surface area contributed by atoms with Gasteiger partial charge in [0.15, 0.2) is 5.11 Å². The minimum atomic E-state index is -0.291. The molecule has 0 saturated carbocycles. The summed E-state index contributed by atoms with van der Waals surface area (Å²) in [6, 6.07) is 14.0. The number of unbranched alkanes of at least 4 members (excludes halogenated alkanes) is 1. The summed E-state index contributed by atoms with van der Waals surface area (Å²) in [6.07, 6.45) is 2.08. The third kappa shape index (κ3) is 6.60. The molecular formula is C18H20ClN3O2S. The lowest BCUT2D eigenvalue weighted by Crippen LogP contribution is -2.43. The highest BCUT2D eigenvalue weighted by Gasteiger charge is 2.06. The molecule has 0 aliphatic rings. The van der Waals surface area contributed by atoms with Crippen LogP contribution in [0, 0.1) is 0 Å². The predicted octanol–water partition coefficient (Wildman–Crippen LogP) is 4.15. The second-order valence-corrected chi connectivity index (χ2v) is 6.11. The van der Waals surface area contributed by atoms with Crippen molar-refractivity contribution in [3.05, 3.63) is 59.1 Å². The number of thiocarbonyl (C=S) groups is 1. The molecule has 2 aromatic carbocycles. The van der Waals surface area contributed by atoms with Gasteiger partial charge in [0, 0.05) is 16.3 Å². The van der Waals surface area contributed by atoms with Crippen molar-refractivity contribution in [3.63, 3.8) is 0 Å². The number of anilines is 1. The Morgan fingerprint density at radius 3 is 2.40 bits per heavy atom. The van der Waals surface area contributed by atoms with Gasteiger partial charge in [-0.05, 0) is 67.2 Å². The van der Waals surface area contributed by atoms with E-state index in [2.05, 4.69) is 23.1 Å². The van der Waals surface area contributed by atoms with E-state index in [-0.39, 0.29) is 11.0 Å². The lowest BCUT2D eigenvalue weighted by molar-refractivity contribution is 0.0944. The molecule has 2 aromatic rings. The van der Waals surface area contributed by atoms with Crippen LogP contribution in [0.25, 0.3) is 0 Å². The molecule has 0 radical (unpaired) electrons. The molecule has 5 nitrogen and oxygen atoms in total. The topological polar surface area (TPSA) is 62.4 Å². The fourth-order valence-electron chi connectivity index (χ4n) is 1.92. The van der Waals surface area contributed by atoms with E-state index in [0.29, 0.717) is 17.2 Å². The Labute approximate surface area is 157 Å². The molecule has 25 heavy (non-hydrogen) atoms. The monoisotopic (exact) mass is 377 g/mol. The van der Waals surface area contributed by atoms with E-state index in [0.717, 1.165) is 24.3 Å². The average molecular weight is 378 g/mol. The van der Waals surface area contributed by atoms with Crippen molar-refractivity contribution >= 4 is 40.5 Å². The number of hydrogen-bond donors (Lipinski definition) is 3. The standard InChI is InChI=1S/C18H20ClN3O2S/c1-2-3-12-24-16-10-4-13(5-11-16)17(23)21-22-18(25)20-15-8-6-14(19)7-9-15/h4-11H,2-3,12H2,1H3,(H,21,23)(H2,20,22,25). The van der Waals surface area contributed by atoms with Gasteiger partial charge >= 0.3 is 0 Å². The Bertz CT molecular complexity index is 705. The summed E-state index contributed by atoms with van der Waals surface area (Å²) < 4.78 is 5.57. The maximum Gasteiger partial charge on any atom is 0.269 e. The first-order chi connectivity index (χ1) is 12.1. The molecule has 3 N–H and O–H groups in total. The van der Waals surface area contributed by atoms with Crippen molar-refractivity contribution in [2.75, 3.05) is 11.9 Å². The van der Waals surface area contributed by atoms with Crippen molar-refractivity contribution in [3.8, 4) is 5.75 Å². The first-order valence-electron chi connectivity index (χ1n) is 7.94. The Hall–Kier alpha value is -2.31. The van der Waals surface area contributed by atoms with Crippen molar-refractivity contribution < 1.29 is 9.53 Å². The number of halogens is 1. The number of carbonyl (C=O) groups excluding carboxylic acids is 1. The zero-order chi connectivity index (χ0) is 18.1. The van der Waals surface area contributed by atoms with Crippen LogP contribution in [0.15, 0.2) is 48.5 Å². The molecule has 0 heterocycles. The summed E-state index contributed by atoms with van der Waals surface area (Å²) in [4.78, 5) is 12.1. The van der Waals surface area contributed by atoms with Gasteiger partial charge in [0.1, 0.15) is 5.75 Å². The first kappa shape index (κ1) is 19.0. The molecule has 7 heteroatoms. The van der Waals surface area contributed by atoms with Gasteiger partial charge in [-0.2, -0.15) is 0 Å². The zero-order valence-electron chi connectivity index (χ0n) is 13.8. The molecule has 0 aliphatic heterocycles. The molecule has 0 unspecified atom stereocenters. The van der Waals surface area contributed by atoms with Gasteiger partial charge in [-0.1, -0.05) is 24.9 Å². The second-order valence-electron chi connectivity index (χ2n) is 5.27. The van der Waals surface area contributed by atoms with Crippen LogP contribution in [-0.2, 0) is 0 Å². The molecule has 132 valence electrons. The van der Waals surface area contributed by atoms with E-state index < -0.39 is 0 Å². The summed E-state index contributed by atoms with van der Waals surface area (Å²) in [5.74, 6) is 0.457. The third-order valence-corrected chi connectivity index (χ3v) is 3.73. The first-order valence-corrected chi connectivity index (χ1v) is 8.73. The number of ether oxygens (including phenoxy) is 1. The summed E-state index contributed by atoms with van der Waals surface area (Å²) in [6.45, 7) is 2.78. The largest absolute Gasteiger partial charge is 0.494 e. The van der Waals surface area contributed by atoms with Gasteiger partial charge in [-0.25, -0.2) is 0 Å². The highest BCUT2D eigenvalue weighted by Crippen LogP contribution is 2.14. The van der Waals surface area contributed by atoms with Gasteiger partial charge in [0.2, 0.25) is 0 Å². The molecule has 0 saturated heterocycles. The van der Waals surface area contributed by atoms with Crippen LogP contribution in [0.3, 0.4) is 0 Å². The number of carbonyl (C=O) groups is 1. The van der Waals surface area contributed by atoms with Gasteiger partial charge in [-0.15, -0.1) is 0 Å². The van der Waals surface area contributed by atoms with E-state index in [4.69, 9.17) is 28.6 Å². The SMILES string of the molecule is CCCCOc1ccc(C(=O)NNC(=S)Nc2ccc(Cl)cc2)cc1. The summed E-state index contributed by atoms with van der Waals surface area (Å²) in [5, 5.41) is 3.85. The number of rotatable bonds is 6. The summed E-state index contributed by atoms with van der Waals surface area (Å²) >= 11 is 11.0. The van der Waals surface area contributed by atoms with E-state index >= 15 is 0 Å². The van der Waals surface area contributed by atoms with Crippen LogP contribution in [0.2, 0.25) is 5.02 Å². The van der Waals surface area contributed by atoms with Crippen molar-refractivity contribution in [1.29, 1.82) is 0 Å². The van der Waals surface area contributed by atoms with Crippen molar-refractivity contribution in [2.45, 2.75) is 19.8 Å². The predicted molar refractivity (Wildman–Crippen MR) is 105 cm³/mol. The van der Waals surface area contributed by atoms with Crippen LogP contribution in [-0.4, -0.2) is 17.6 Å². The number of amides is 1. The van der Waals surface area contributed by atoms with Crippen LogP contribution >= 0.6 is 23.8 Å². The van der Waals surface area contributed by atoms with E-state index in [1.54, 1.807) is 48.5 Å². The molecule has 1 amide bonds. The van der Waals surface area contributed by atoms with Crippen molar-refractivity contribution in [1.82, 2.24) is 10.9 Å². The van der Waals surface area contributed by atoms with Gasteiger partial charge in [0.05, 0.1) is 6.61 Å². The fraction of sp³-hybridized carbons (Fsp3) is 0.222. The normalized spacial score (nSPS) is 10.0. The van der Waals surface area contributed by atoms with Crippen LogP contribution in [0.5, 0.6) is 5.75 Å². The zero-order valence-corrected chi connectivity index (χ0v) is 15.4. The molecular weight excluding hydrogens is 358 g/mol. The minimum Gasteiger partial charge on any atom is -0.494 e. The van der Waals surface area contributed by atoms with E-state index in [1.807, 2.05) is 0 Å². The number of benzene rings is 2. The Kier molecular flexibility index (Phi) is 7.50. The highest BCUT2D eigenvalue weighted by atomic mass is 35.5. The molecule has 2 rings (SSSR count). The molecule has 0 atom stereocenters. The fourth-order valence-corrected chi connectivity index (χ4v) is 2.21. The van der Waals surface area contributed by atoms with Crippen molar-refractivity contribution in [2.24, 2.45) is 0 Å². The minimum absolute atomic E-state index is 0.273. The Balaban J connectivity index is 1.79. The third-order valence-electron chi connectivity index (χ3n) is 3.27. The summed E-state index contributed by atoms with van der Waals surface area (Å²) in [7, 11) is 0. The van der Waals surface area contributed by atoms with Crippen LogP contribution < -0.4 is 20.9 Å². The second kappa shape index (κ2) is 9.86. The molecule has 0 fully saturated rings. The maximum absolute atomic E-state index is 12.1. The Morgan fingerprint density at radius 1 is 1.08 bits per heavy atom. The molecule has 0 spiro atoms. The van der Waals surface area contributed by atoms with E-state index in [1.165, 1.54) is 0 Å². The lowest BCUT2D eigenvalue weighted by atomic mass is 10.2. The Morgan fingerprint density at radius 2 is 1.76 bits per heavy atom. The number of nitrogens with one attached hydrogen (secondary N) is 3. The van der Waals surface area contributed by atoms with Gasteiger partial charge in [0.25, 0.3) is 5.91 Å². The average Bonchev–Trinajstić information content (AvgIpc) is 2.62. The van der Waals surface area contributed by atoms with Crippen LogP contribution in [0.4, 0.5) is 5.69 Å². The lowest BCUT2D eigenvalue weighted by Gasteiger charge is -2.12. The molecule has 0 aliphatic carbocycles. The maximum atomic E-state index is 12.1. The van der Waals surface area contributed by atoms with E-state index in [9.17, 15) is 4.79 Å². The smallest absolute Gasteiger partial charge is 0.269 e. The summed E-state index contributed by atoms with van der Waals surface area (Å²) in [5.41, 5.74) is 6.47. The number of hydrogen-bond acceptors (Lipinski definition) is 3. The molecule has 0 aromatic heterocycles. The number of hydrazine groups is 1. The van der Waals surface area contributed by atoms with Gasteiger partial charge < -0.3 is 10.1 Å². The highest BCUT2D eigenvalue weighted by molar-refractivity contribution is 7.80. The quantitative estimate of drug-likeness (QED) is 0.401. The van der Waals surface area contributed by atoms with Gasteiger partial charge in [-0.3, -0.25) is 15.6 Å². The molecule has 0 bridgehead atoms. The van der Waals surface area contributed by atoms with Crippen LogP contribution in [0.1, 0.15) is 30.1 Å².